The number of amides is 1. The van der Waals surface area contributed by atoms with E-state index in [0.717, 1.165) is 25.7 Å². The molecule has 3 unspecified atom stereocenters. The molecule has 0 fully saturated rings. The van der Waals surface area contributed by atoms with Gasteiger partial charge in [0.05, 0.1) is 5.92 Å². The van der Waals surface area contributed by atoms with Gasteiger partial charge in [-0.3, -0.25) is 9.59 Å². The minimum Gasteiger partial charge on any atom is -0.481 e. The van der Waals surface area contributed by atoms with Crippen molar-refractivity contribution in [2.24, 2.45) is 11.7 Å². The van der Waals surface area contributed by atoms with Crippen molar-refractivity contribution in [3.05, 3.63) is 0 Å². The number of carboxylic acids is 1. The lowest BCUT2D eigenvalue weighted by molar-refractivity contribution is -0.141. The van der Waals surface area contributed by atoms with E-state index in [4.69, 9.17) is 10.8 Å². The van der Waals surface area contributed by atoms with Crippen molar-refractivity contribution in [2.75, 3.05) is 0 Å². The van der Waals surface area contributed by atoms with Gasteiger partial charge in [-0.25, -0.2) is 0 Å². The molecule has 0 aromatic carbocycles. The molecule has 1 amide bonds. The van der Waals surface area contributed by atoms with Gasteiger partial charge in [-0.1, -0.05) is 13.3 Å². The molecule has 0 aliphatic heterocycles. The molecule has 0 rings (SSSR count). The second kappa shape index (κ2) is 9.78. The summed E-state index contributed by atoms with van der Waals surface area (Å²) in [6.07, 6.45) is 4.47. The molecule has 0 heterocycles. The molecule has 0 aromatic rings. The summed E-state index contributed by atoms with van der Waals surface area (Å²) in [5, 5.41) is 11.7. The average molecular weight is 272 g/mol. The Kier molecular flexibility index (Phi) is 9.21. The Morgan fingerprint density at radius 3 is 2.26 bits per heavy atom. The molecule has 0 saturated carbocycles. The standard InChI is InChI=1S/C14H28N2O3/c1-10(14(18)19)6-4-8-12(3)16-13(17)9-5-7-11(2)15/h10-12H,4-9,15H2,1-3H3,(H,16,17)(H,18,19). The van der Waals surface area contributed by atoms with Gasteiger partial charge in [-0.05, 0) is 39.5 Å². The van der Waals surface area contributed by atoms with Crippen LogP contribution in [0.1, 0.15) is 59.3 Å². The van der Waals surface area contributed by atoms with E-state index in [9.17, 15) is 9.59 Å². The molecule has 5 heteroatoms. The van der Waals surface area contributed by atoms with Gasteiger partial charge in [0.1, 0.15) is 0 Å². The fourth-order valence-corrected chi connectivity index (χ4v) is 1.86. The van der Waals surface area contributed by atoms with E-state index < -0.39 is 5.97 Å². The molecule has 19 heavy (non-hydrogen) atoms. The van der Waals surface area contributed by atoms with E-state index in [1.54, 1.807) is 6.92 Å². The van der Waals surface area contributed by atoms with Gasteiger partial charge in [0.15, 0.2) is 0 Å². The number of aliphatic carboxylic acids is 1. The lowest BCUT2D eigenvalue weighted by Crippen LogP contribution is -2.32. The largest absolute Gasteiger partial charge is 0.481 e. The molecule has 5 nitrogen and oxygen atoms in total. The summed E-state index contributed by atoms with van der Waals surface area (Å²) >= 11 is 0. The van der Waals surface area contributed by atoms with Gasteiger partial charge in [0, 0.05) is 18.5 Å². The molecular weight excluding hydrogens is 244 g/mol. The van der Waals surface area contributed by atoms with Crippen LogP contribution < -0.4 is 11.1 Å². The zero-order valence-corrected chi connectivity index (χ0v) is 12.3. The van der Waals surface area contributed by atoms with Crippen LogP contribution >= 0.6 is 0 Å². The zero-order chi connectivity index (χ0) is 14.8. The van der Waals surface area contributed by atoms with Gasteiger partial charge in [-0.2, -0.15) is 0 Å². The van der Waals surface area contributed by atoms with Crippen LogP contribution in [0, 0.1) is 5.92 Å². The Bertz CT molecular complexity index is 280. The summed E-state index contributed by atoms with van der Waals surface area (Å²) in [4.78, 5) is 22.2. The summed E-state index contributed by atoms with van der Waals surface area (Å²) < 4.78 is 0. The lowest BCUT2D eigenvalue weighted by atomic mass is 10.0. The second-order valence-electron chi connectivity index (χ2n) is 5.51. The molecule has 0 spiro atoms. The SMILES string of the molecule is CC(N)CCCC(=O)NC(C)CCCC(C)C(=O)O. The van der Waals surface area contributed by atoms with Crippen molar-refractivity contribution in [1.29, 1.82) is 0 Å². The van der Waals surface area contributed by atoms with E-state index in [1.165, 1.54) is 0 Å². The topological polar surface area (TPSA) is 92.4 Å². The molecule has 0 aromatic heterocycles. The van der Waals surface area contributed by atoms with E-state index in [-0.39, 0.29) is 23.9 Å². The average Bonchev–Trinajstić information content (AvgIpc) is 2.27. The molecule has 0 saturated heterocycles. The fraction of sp³-hybridized carbons (Fsp3) is 0.857. The first kappa shape index (κ1) is 17.9. The first-order valence-corrected chi connectivity index (χ1v) is 7.10. The Morgan fingerprint density at radius 2 is 1.74 bits per heavy atom. The van der Waals surface area contributed by atoms with Gasteiger partial charge in [0.25, 0.3) is 0 Å². The Hall–Kier alpha value is -1.10. The van der Waals surface area contributed by atoms with Crippen molar-refractivity contribution in [1.82, 2.24) is 5.32 Å². The molecule has 0 radical (unpaired) electrons. The monoisotopic (exact) mass is 272 g/mol. The lowest BCUT2D eigenvalue weighted by Gasteiger charge is -2.14. The molecule has 0 aliphatic carbocycles. The Balaban J connectivity index is 3.65. The summed E-state index contributed by atoms with van der Waals surface area (Å²) in [5.74, 6) is -1.01. The second-order valence-corrected chi connectivity index (χ2v) is 5.51. The number of rotatable bonds is 10. The number of carbonyl (C=O) groups is 2. The maximum absolute atomic E-state index is 11.6. The van der Waals surface area contributed by atoms with Crippen LogP contribution in [0.2, 0.25) is 0 Å². The molecule has 3 atom stereocenters. The molecule has 4 N–H and O–H groups in total. The summed E-state index contributed by atoms with van der Waals surface area (Å²) in [6.45, 7) is 5.60. The highest BCUT2D eigenvalue weighted by Crippen LogP contribution is 2.10. The van der Waals surface area contributed by atoms with Crippen molar-refractivity contribution in [2.45, 2.75) is 71.4 Å². The van der Waals surface area contributed by atoms with Gasteiger partial charge >= 0.3 is 5.97 Å². The molecular formula is C14H28N2O3. The highest BCUT2D eigenvalue weighted by molar-refractivity contribution is 5.76. The Labute approximate surface area is 115 Å². The molecule has 0 aliphatic rings. The van der Waals surface area contributed by atoms with Crippen LogP contribution in [0.5, 0.6) is 0 Å². The van der Waals surface area contributed by atoms with Crippen LogP contribution in [0.3, 0.4) is 0 Å². The molecule has 0 bridgehead atoms. The Morgan fingerprint density at radius 1 is 1.11 bits per heavy atom. The van der Waals surface area contributed by atoms with Gasteiger partial charge in [0.2, 0.25) is 5.91 Å². The van der Waals surface area contributed by atoms with Gasteiger partial charge < -0.3 is 16.2 Å². The maximum Gasteiger partial charge on any atom is 0.306 e. The van der Waals surface area contributed by atoms with Crippen LogP contribution in [0.15, 0.2) is 0 Å². The van der Waals surface area contributed by atoms with Crippen molar-refractivity contribution in [3.63, 3.8) is 0 Å². The summed E-state index contributed by atoms with van der Waals surface area (Å²) in [6, 6.07) is 0.242. The smallest absolute Gasteiger partial charge is 0.306 e. The zero-order valence-electron chi connectivity index (χ0n) is 12.3. The quantitative estimate of drug-likeness (QED) is 0.566. The predicted octanol–water partition coefficient (Wildman–Crippen LogP) is 1.90. The van der Waals surface area contributed by atoms with E-state index in [1.807, 2.05) is 13.8 Å². The maximum atomic E-state index is 11.6. The van der Waals surface area contributed by atoms with Gasteiger partial charge in [-0.15, -0.1) is 0 Å². The third kappa shape index (κ3) is 10.5. The van der Waals surface area contributed by atoms with Crippen LogP contribution in [0.25, 0.3) is 0 Å². The number of carboxylic acid groups (broad SMARTS) is 1. The minimum absolute atomic E-state index is 0.0550. The number of hydrogen-bond donors (Lipinski definition) is 3. The number of hydrogen-bond acceptors (Lipinski definition) is 3. The number of carbonyl (C=O) groups excluding carboxylic acids is 1. The number of nitrogens with two attached hydrogens (primary N) is 1. The molecule has 112 valence electrons. The first-order chi connectivity index (χ1) is 8.82. The van der Waals surface area contributed by atoms with Crippen molar-refractivity contribution < 1.29 is 14.7 Å². The predicted molar refractivity (Wildman–Crippen MR) is 75.8 cm³/mol. The van der Waals surface area contributed by atoms with E-state index in [0.29, 0.717) is 12.8 Å². The first-order valence-electron chi connectivity index (χ1n) is 7.10. The van der Waals surface area contributed by atoms with Crippen LogP contribution in [-0.4, -0.2) is 29.1 Å². The van der Waals surface area contributed by atoms with Crippen molar-refractivity contribution in [3.8, 4) is 0 Å². The third-order valence-corrected chi connectivity index (χ3v) is 3.17. The highest BCUT2D eigenvalue weighted by Gasteiger charge is 2.12. The van der Waals surface area contributed by atoms with Crippen LogP contribution in [-0.2, 0) is 9.59 Å². The highest BCUT2D eigenvalue weighted by atomic mass is 16.4. The van der Waals surface area contributed by atoms with Crippen molar-refractivity contribution >= 4 is 11.9 Å². The van der Waals surface area contributed by atoms with Crippen LogP contribution in [0.4, 0.5) is 0 Å². The minimum atomic E-state index is -0.757. The number of nitrogens with one attached hydrogen (secondary N) is 1. The summed E-state index contributed by atoms with van der Waals surface area (Å²) in [7, 11) is 0. The summed E-state index contributed by atoms with van der Waals surface area (Å²) in [5.41, 5.74) is 5.62. The van der Waals surface area contributed by atoms with E-state index in [2.05, 4.69) is 5.32 Å². The van der Waals surface area contributed by atoms with E-state index >= 15 is 0 Å². The fourth-order valence-electron chi connectivity index (χ4n) is 1.86. The third-order valence-electron chi connectivity index (χ3n) is 3.17. The normalized spacial score (nSPS) is 15.6.